The number of fused-ring (bicyclic) bond motifs is 10. The zero-order valence-corrected chi connectivity index (χ0v) is 10.0. The zero-order chi connectivity index (χ0) is 7.94. The van der Waals surface area contributed by atoms with Crippen LogP contribution in [0.4, 0.5) is 0 Å². The third kappa shape index (κ3) is 0.0303. The summed E-state index contributed by atoms with van der Waals surface area (Å²) in [4.78, 5) is 11.8. The molecule has 0 saturated carbocycles. The van der Waals surface area contributed by atoms with Crippen LogP contribution in [0.1, 0.15) is 6.92 Å². The van der Waals surface area contributed by atoms with Crippen LogP contribution in [0.3, 0.4) is 0 Å². The summed E-state index contributed by atoms with van der Waals surface area (Å²) in [5.74, 6) is 0. The summed E-state index contributed by atoms with van der Waals surface area (Å²) in [5.41, 5.74) is 0. The third-order valence-electron chi connectivity index (χ3n) is 15.4. The van der Waals surface area contributed by atoms with E-state index in [9.17, 15) is 0 Å². The van der Waals surface area contributed by atoms with Crippen LogP contribution in [0.25, 0.3) is 0 Å². The summed E-state index contributed by atoms with van der Waals surface area (Å²) in [6, 6.07) is 0. The Bertz CT molecular complexity index is 820. The maximum absolute atomic E-state index is 4.39. The van der Waals surface area contributed by atoms with E-state index in [0.29, 0.717) is 0 Å². The third-order valence-corrected chi connectivity index (χ3v) is 67.0. The molecular weight excluding hydrogens is 268 g/mol. The van der Waals surface area contributed by atoms with E-state index < -0.39 is 6.51 Å². The van der Waals surface area contributed by atoms with Gasteiger partial charge in [-0.05, 0) is 0 Å². The summed E-state index contributed by atoms with van der Waals surface area (Å²) in [6.07, 6.45) is 0. The molecule has 0 N–H and O–H groups in total. The molecule has 10 rings (SSSR count). The van der Waals surface area contributed by atoms with Crippen LogP contribution >= 0.6 is 15.9 Å². The molecule has 5 atom stereocenters. The van der Waals surface area contributed by atoms with Crippen LogP contribution in [0, 0.1) is 0 Å². The number of halogens is 1. The fourth-order valence-electron chi connectivity index (χ4n) is 17.3. The van der Waals surface area contributed by atoms with Crippen molar-refractivity contribution >= 4 is 15.9 Å². The normalized spacial score (nSPS) is 158. The van der Waals surface area contributed by atoms with Gasteiger partial charge in [0.25, 0.3) is 0 Å². The number of rotatable bonds is 0. The van der Waals surface area contributed by atoms with Crippen molar-refractivity contribution in [3.8, 4) is 0 Å². The van der Waals surface area contributed by atoms with Gasteiger partial charge in [-0.15, -0.1) is 0 Å². The van der Waals surface area contributed by atoms with E-state index in [-0.39, 0.29) is 0 Å². The molecule has 10 aliphatic rings. The first-order chi connectivity index (χ1) is 5.94. The Balaban J connectivity index is 2.20. The minimum atomic E-state index is -2.70. The molecule has 0 aromatic heterocycles. The first-order valence-electron chi connectivity index (χ1n) is 5.84. The van der Waals surface area contributed by atoms with Crippen molar-refractivity contribution in [1.82, 2.24) is 0 Å². The van der Waals surface area contributed by atoms with Crippen LogP contribution in [0.2, 0.25) is 42.8 Å². The van der Waals surface area contributed by atoms with E-state index in [1.807, 2.05) is 0 Å². The van der Waals surface area contributed by atoms with Gasteiger partial charge in [0.05, 0.1) is 0 Å². The van der Waals surface area contributed by atoms with Gasteiger partial charge in [-0.1, -0.05) is 0 Å². The van der Waals surface area contributed by atoms with E-state index in [1.54, 1.807) is 0 Å². The van der Waals surface area contributed by atoms with Crippen LogP contribution < -0.4 is 0 Å². The number of hydrogen-bond acceptors (Lipinski definition) is 0. The maximum atomic E-state index is 4.39. The predicted octanol–water partition coefficient (Wildman–Crippen LogP) is 4.07. The molecule has 0 amide bonds. The molecule has 10 fully saturated rings. The summed E-state index contributed by atoms with van der Waals surface area (Å²) < 4.78 is 1.99. The fourth-order valence-corrected chi connectivity index (χ4v) is 106. The monoisotopic (exact) mass is 278 g/mol. The molecule has 0 bridgehead atoms. The van der Waals surface area contributed by atoms with E-state index in [0.717, 1.165) is 7.54 Å². The van der Waals surface area contributed by atoms with Crippen LogP contribution in [0.5, 0.6) is 0 Å². The van der Waals surface area contributed by atoms with Gasteiger partial charge in [-0.3, -0.25) is 0 Å². The second kappa shape index (κ2) is 0.278. The van der Waals surface area contributed by atoms with Gasteiger partial charge in [0.15, 0.2) is 0 Å². The van der Waals surface area contributed by atoms with Gasteiger partial charge in [-0.2, -0.15) is 0 Å². The molecule has 10 aliphatic heterocycles. The molecule has 1 spiro atoms. The Morgan fingerprint density at radius 2 is 1.46 bits per heavy atom. The van der Waals surface area contributed by atoms with E-state index in [2.05, 4.69) is 22.9 Å². The molecule has 0 aromatic carbocycles. The van der Waals surface area contributed by atoms with Crippen LogP contribution in [-0.2, 0) is 6.51 Å². The van der Waals surface area contributed by atoms with Gasteiger partial charge in [0.2, 0.25) is 0 Å². The quantitative estimate of drug-likeness (QED) is 0.463. The Labute approximate surface area is 75.2 Å². The summed E-state index contributed by atoms with van der Waals surface area (Å²) in [6.45, 7) is 0.0758. The van der Waals surface area contributed by atoms with E-state index in [4.69, 9.17) is 0 Å². The Morgan fingerprint density at radius 1 is 0.923 bits per heavy atom. The Kier molecular flexibility index (Phi) is 0.0958. The minimum absolute atomic E-state index is 0.944. The van der Waals surface area contributed by atoms with Crippen LogP contribution in [-0.4, -0.2) is 3.22 Å². The second-order valence-corrected chi connectivity index (χ2v) is 35.5. The summed E-state index contributed by atoms with van der Waals surface area (Å²) in [7, 11) is 0. The zero-order valence-electron chi connectivity index (χ0n) is 7.35. The molecule has 0 aromatic rings. The average molecular weight is 279 g/mol. The Morgan fingerprint density at radius 3 is 1.46 bits per heavy atom. The molecule has 0 aliphatic carbocycles. The van der Waals surface area contributed by atoms with Crippen molar-refractivity contribution in [3.63, 3.8) is 0 Å². The van der Waals surface area contributed by atoms with Crippen molar-refractivity contribution in [2.75, 3.05) is 0 Å². The molecule has 13 heavy (non-hydrogen) atoms. The summed E-state index contributed by atoms with van der Waals surface area (Å²) >= 11 is 4.39. The van der Waals surface area contributed by atoms with Gasteiger partial charge in [0.1, 0.15) is 0 Å². The molecule has 10 saturated heterocycles. The van der Waals surface area contributed by atoms with E-state index in [1.165, 1.54) is 38.5 Å². The first-order valence-corrected chi connectivity index (χ1v) is 12.8. The fraction of sp³-hybridized carbons (Fsp3) is 1.00. The molecule has 0 radical (unpaired) electrons. The molecule has 70 valence electrons. The number of alkyl halides is 1. The van der Waals surface area contributed by atoms with Crippen molar-refractivity contribution in [3.05, 3.63) is 0 Å². The second-order valence-electron chi connectivity index (χ2n) is 10.0. The van der Waals surface area contributed by atoms with Gasteiger partial charge in [-0.25, -0.2) is 0 Å². The average Bonchev–Trinajstić information content (AvgIpc) is 3.02. The van der Waals surface area contributed by atoms with Crippen molar-refractivity contribution in [1.29, 1.82) is 0 Å². The molecular formula is C11H11BrFe. The standard InChI is InChI=1S/C6H6Br.C5H5.Fe/c1-5-3-2-4-6(5)7;1-2-4-5-3-1;/h2-4H,1H3;1-5H;. The van der Waals surface area contributed by atoms with E-state index >= 15 is 0 Å². The van der Waals surface area contributed by atoms with Crippen LogP contribution in [0.15, 0.2) is 0 Å². The van der Waals surface area contributed by atoms with Gasteiger partial charge < -0.3 is 0 Å². The first kappa shape index (κ1) is 4.47. The predicted molar refractivity (Wildman–Crippen MR) is 50.0 cm³/mol. The topological polar surface area (TPSA) is 0 Å². The van der Waals surface area contributed by atoms with Gasteiger partial charge in [0, 0.05) is 0 Å². The molecule has 5 unspecified atom stereocenters. The number of hydrogen-bond donors (Lipinski definition) is 0. The van der Waals surface area contributed by atoms with Crippen molar-refractivity contribution in [2.45, 2.75) is 53.0 Å². The molecule has 10 heterocycles. The Hall–Kier alpha value is 0.999. The van der Waals surface area contributed by atoms with Crippen molar-refractivity contribution < 1.29 is 6.51 Å². The van der Waals surface area contributed by atoms with Gasteiger partial charge >= 0.3 is 75.4 Å². The SMILES string of the molecule is C[C]12[CH]3[CH]4[CH]5[C]1(Br)[Fe]43521678[CH]2[CH]1[CH]6[CH]7[CH]28. The van der Waals surface area contributed by atoms with Crippen molar-refractivity contribution in [2.24, 2.45) is 0 Å². The molecule has 2 heteroatoms. The molecule has 0 nitrogen and oxygen atoms in total. The summed E-state index contributed by atoms with van der Waals surface area (Å²) in [5, 5.41) is 0.